The fourth-order valence-electron chi connectivity index (χ4n) is 1.90. The number of hydrogen-bond donors (Lipinski definition) is 3. The molecule has 2 rings (SSSR count). The number of carbonyl (C=O) groups excluding carboxylic acids is 1. The summed E-state index contributed by atoms with van der Waals surface area (Å²) in [5, 5.41) is 12.3. The van der Waals surface area contributed by atoms with E-state index in [1.807, 2.05) is 13.0 Å². The SMILES string of the molecule is Cc1cc(C(=O)Nc2cccc([C@@H](C)O)c2)ccc1N. The largest absolute Gasteiger partial charge is 0.399 e. The molecule has 0 aliphatic rings. The number of nitrogens with one attached hydrogen (secondary N) is 1. The van der Waals surface area contributed by atoms with Crippen LogP contribution in [0.5, 0.6) is 0 Å². The van der Waals surface area contributed by atoms with E-state index in [0.29, 0.717) is 16.9 Å². The minimum atomic E-state index is -0.564. The molecule has 0 bridgehead atoms. The molecule has 104 valence electrons. The van der Waals surface area contributed by atoms with Gasteiger partial charge in [0, 0.05) is 16.9 Å². The Morgan fingerprint density at radius 3 is 2.65 bits per heavy atom. The lowest BCUT2D eigenvalue weighted by Crippen LogP contribution is -2.12. The summed E-state index contributed by atoms with van der Waals surface area (Å²) in [5.41, 5.74) is 9.24. The molecule has 0 unspecified atom stereocenters. The van der Waals surface area contributed by atoms with E-state index in [9.17, 15) is 9.90 Å². The number of carbonyl (C=O) groups is 1. The van der Waals surface area contributed by atoms with Crippen LogP contribution in [0, 0.1) is 6.92 Å². The summed E-state index contributed by atoms with van der Waals surface area (Å²) < 4.78 is 0. The van der Waals surface area contributed by atoms with Crippen LogP contribution in [-0.2, 0) is 0 Å². The van der Waals surface area contributed by atoms with Crippen molar-refractivity contribution in [2.24, 2.45) is 0 Å². The van der Waals surface area contributed by atoms with Gasteiger partial charge in [0.05, 0.1) is 6.10 Å². The van der Waals surface area contributed by atoms with Crippen LogP contribution in [0.2, 0.25) is 0 Å². The molecule has 0 saturated carbocycles. The van der Waals surface area contributed by atoms with E-state index in [1.54, 1.807) is 43.3 Å². The number of benzene rings is 2. The van der Waals surface area contributed by atoms with Gasteiger partial charge in [0.15, 0.2) is 0 Å². The van der Waals surface area contributed by atoms with E-state index in [2.05, 4.69) is 5.32 Å². The van der Waals surface area contributed by atoms with E-state index < -0.39 is 6.10 Å². The molecule has 0 saturated heterocycles. The van der Waals surface area contributed by atoms with E-state index in [0.717, 1.165) is 11.1 Å². The average molecular weight is 270 g/mol. The molecular formula is C16H18N2O2. The highest BCUT2D eigenvalue weighted by molar-refractivity contribution is 6.04. The summed E-state index contributed by atoms with van der Waals surface area (Å²) in [6, 6.07) is 12.3. The van der Waals surface area contributed by atoms with Crippen LogP contribution >= 0.6 is 0 Å². The first-order valence-electron chi connectivity index (χ1n) is 6.43. The Balaban J connectivity index is 2.19. The molecule has 0 radical (unpaired) electrons. The van der Waals surface area contributed by atoms with Crippen LogP contribution in [0.3, 0.4) is 0 Å². The van der Waals surface area contributed by atoms with Gasteiger partial charge in [-0.3, -0.25) is 4.79 Å². The molecule has 2 aromatic rings. The number of anilines is 2. The summed E-state index contributed by atoms with van der Waals surface area (Å²) in [7, 11) is 0. The monoisotopic (exact) mass is 270 g/mol. The third-order valence-electron chi connectivity index (χ3n) is 3.16. The standard InChI is InChI=1S/C16H18N2O2/c1-10-8-13(6-7-15(10)17)16(20)18-14-5-3-4-12(9-14)11(2)19/h3-9,11,19H,17H2,1-2H3,(H,18,20)/t11-/m1/s1. The molecule has 1 atom stereocenters. The third kappa shape index (κ3) is 3.16. The van der Waals surface area contributed by atoms with Gasteiger partial charge >= 0.3 is 0 Å². The van der Waals surface area contributed by atoms with Crippen LogP contribution in [0.1, 0.15) is 34.5 Å². The van der Waals surface area contributed by atoms with E-state index in [-0.39, 0.29) is 5.91 Å². The normalized spacial score (nSPS) is 11.9. The molecule has 2 aromatic carbocycles. The molecule has 0 heterocycles. The van der Waals surface area contributed by atoms with Gasteiger partial charge in [0.2, 0.25) is 0 Å². The molecule has 0 spiro atoms. The highest BCUT2D eigenvalue weighted by atomic mass is 16.3. The van der Waals surface area contributed by atoms with E-state index in [1.165, 1.54) is 0 Å². The number of amides is 1. The maximum atomic E-state index is 12.1. The lowest BCUT2D eigenvalue weighted by Gasteiger charge is -2.10. The number of nitrogen functional groups attached to an aromatic ring is 1. The first-order valence-corrected chi connectivity index (χ1v) is 6.43. The van der Waals surface area contributed by atoms with Gasteiger partial charge in [0.1, 0.15) is 0 Å². The van der Waals surface area contributed by atoms with Crippen molar-refractivity contribution in [1.29, 1.82) is 0 Å². The number of nitrogens with two attached hydrogens (primary N) is 1. The molecule has 4 heteroatoms. The Labute approximate surface area is 118 Å². The second kappa shape index (κ2) is 5.75. The lowest BCUT2D eigenvalue weighted by atomic mass is 10.1. The van der Waals surface area contributed by atoms with Crippen LogP contribution in [0.25, 0.3) is 0 Å². The van der Waals surface area contributed by atoms with Crippen LogP contribution in [0.15, 0.2) is 42.5 Å². The number of aryl methyl sites for hydroxylation is 1. The van der Waals surface area contributed by atoms with Gasteiger partial charge in [-0.2, -0.15) is 0 Å². The van der Waals surface area contributed by atoms with Crippen molar-refractivity contribution < 1.29 is 9.90 Å². The summed E-state index contributed by atoms with van der Waals surface area (Å²) >= 11 is 0. The van der Waals surface area contributed by atoms with Gasteiger partial charge in [-0.05, 0) is 55.3 Å². The average Bonchev–Trinajstić information content (AvgIpc) is 2.42. The quantitative estimate of drug-likeness (QED) is 0.751. The topological polar surface area (TPSA) is 75.3 Å². The maximum absolute atomic E-state index is 12.1. The first kappa shape index (κ1) is 14.1. The summed E-state index contributed by atoms with van der Waals surface area (Å²) in [6.07, 6.45) is -0.564. The highest BCUT2D eigenvalue weighted by Crippen LogP contribution is 2.18. The number of aliphatic hydroxyl groups is 1. The third-order valence-corrected chi connectivity index (χ3v) is 3.16. The molecule has 0 aliphatic carbocycles. The predicted octanol–water partition coefficient (Wildman–Crippen LogP) is 2.88. The fraction of sp³-hybridized carbons (Fsp3) is 0.188. The van der Waals surface area contributed by atoms with Crippen LogP contribution < -0.4 is 11.1 Å². The van der Waals surface area contributed by atoms with Gasteiger partial charge < -0.3 is 16.2 Å². The van der Waals surface area contributed by atoms with Crippen molar-refractivity contribution in [3.63, 3.8) is 0 Å². The zero-order valence-corrected chi connectivity index (χ0v) is 11.6. The zero-order valence-electron chi connectivity index (χ0n) is 11.6. The fourth-order valence-corrected chi connectivity index (χ4v) is 1.90. The van der Waals surface area contributed by atoms with Crippen molar-refractivity contribution in [1.82, 2.24) is 0 Å². The van der Waals surface area contributed by atoms with Gasteiger partial charge in [-0.15, -0.1) is 0 Å². The molecular weight excluding hydrogens is 252 g/mol. The molecule has 0 aromatic heterocycles. The Morgan fingerprint density at radius 1 is 1.25 bits per heavy atom. The van der Waals surface area contributed by atoms with Crippen molar-refractivity contribution in [3.05, 3.63) is 59.2 Å². The minimum absolute atomic E-state index is 0.198. The molecule has 4 N–H and O–H groups in total. The van der Waals surface area contributed by atoms with E-state index in [4.69, 9.17) is 5.73 Å². The predicted molar refractivity (Wildman–Crippen MR) is 80.6 cm³/mol. The Morgan fingerprint density at radius 2 is 2.00 bits per heavy atom. The van der Waals surface area contributed by atoms with Gasteiger partial charge in [-0.25, -0.2) is 0 Å². The Bertz CT molecular complexity index is 636. The van der Waals surface area contributed by atoms with Crippen molar-refractivity contribution in [2.45, 2.75) is 20.0 Å². The highest BCUT2D eigenvalue weighted by Gasteiger charge is 2.08. The van der Waals surface area contributed by atoms with Gasteiger partial charge in [-0.1, -0.05) is 12.1 Å². The zero-order chi connectivity index (χ0) is 14.7. The molecule has 4 nitrogen and oxygen atoms in total. The number of rotatable bonds is 3. The van der Waals surface area contributed by atoms with Crippen molar-refractivity contribution >= 4 is 17.3 Å². The summed E-state index contributed by atoms with van der Waals surface area (Å²) in [5.74, 6) is -0.198. The second-order valence-electron chi connectivity index (χ2n) is 4.83. The van der Waals surface area contributed by atoms with Gasteiger partial charge in [0.25, 0.3) is 5.91 Å². The molecule has 0 aliphatic heterocycles. The van der Waals surface area contributed by atoms with Crippen molar-refractivity contribution in [2.75, 3.05) is 11.1 Å². The number of hydrogen-bond acceptors (Lipinski definition) is 3. The smallest absolute Gasteiger partial charge is 0.255 e. The Kier molecular flexibility index (Phi) is 4.05. The Hall–Kier alpha value is -2.33. The first-order chi connectivity index (χ1) is 9.47. The summed E-state index contributed by atoms with van der Waals surface area (Å²) in [4.78, 5) is 12.1. The number of aliphatic hydroxyl groups excluding tert-OH is 1. The second-order valence-corrected chi connectivity index (χ2v) is 4.83. The minimum Gasteiger partial charge on any atom is -0.399 e. The molecule has 20 heavy (non-hydrogen) atoms. The maximum Gasteiger partial charge on any atom is 0.255 e. The molecule has 1 amide bonds. The molecule has 0 fully saturated rings. The summed E-state index contributed by atoms with van der Waals surface area (Å²) in [6.45, 7) is 3.55. The van der Waals surface area contributed by atoms with Crippen LogP contribution in [-0.4, -0.2) is 11.0 Å². The van der Waals surface area contributed by atoms with Crippen LogP contribution in [0.4, 0.5) is 11.4 Å². The van der Waals surface area contributed by atoms with Crippen molar-refractivity contribution in [3.8, 4) is 0 Å². The van der Waals surface area contributed by atoms with E-state index >= 15 is 0 Å². The lowest BCUT2D eigenvalue weighted by molar-refractivity contribution is 0.102.